The van der Waals surface area contributed by atoms with E-state index in [9.17, 15) is 9.59 Å². The Bertz CT molecular complexity index is 578. The van der Waals surface area contributed by atoms with E-state index in [1.54, 1.807) is 0 Å². The van der Waals surface area contributed by atoms with E-state index in [1.165, 1.54) is 0 Å². The summed E-state index contributed by atoms with van der Waals surface area (Å²) >= 11 is 0. The number of anilines is 1. The van der Waals surface area contributed by atoms with Crippen molar-refractivity contribution in [3.63, 3.8) is 0 Å². The summed E-state index contributed by atoms with van der Waals surface area (Å²) in [7, 11) is 0. The summed E-state index contributed by atoms with van der Waals surface area (Å²) in [6.07, 6.45) is 1.09. The van der Waals surface area contributed by atoms with E-state index in [0.29, 0.717) is 18.5 Å². The second kappa shape index (κ2) is 6.06. The Balaban J connectivity index is 1.64. The fourth-order valence-corrected chi connectivity index (χ4v) is 2.73. The molecule has 1 saturated carbocycles. The van der Waals surface area contributed by atoms with Crippen molar-refractivity contribution in [1.82, 2.24) is 4.90 Å². The van der Waals surface area contributed by atoms with Gasteiger partial charge < -0.3 is 15.8 Å². The molecule has 0 radical (unpaired) electrons. The van der Waals surface area contributed by atoms with Gasteiger partial charge in [-0.2, -0.15) is 0 Å². The highest BCUT2D eigenvalue weighted by Crippen LogP contribution is 2.46. The lowest BCUT2D eigenvalue weighted by atomic mass is 10.1. The minimum absolute atomic E-state index is 0.288. The Morgan fingerprint density at radius 3 is 2.64 bits per heavy atom. The molecule has 1 aromatic rings. The van der Waals surface area contributed by atoms with Crippen LogP contribution in [0.25, 0.3) is 0 Å². The lowest BCUT2D eigenvalue weighted by Gasteiger charge is -2.26. The van der Waals surface area contributed by atoms with Gasteiger partial charge in [-0.1, -0.05) is 12.1 Å². The lowest BCUT2D eigenvalue weighted by molar-refractivity contribution is -0.132. The second-order valence-electron chi connectivity index (χ2n) is 5.99. The summed E-state index contributed by atoms with van der Waals surface area (Å²) in [5.41, 5.74) is 6.18. The van der Waals surface area contributed by atoms with Gasteiger partial charge in [0.05, 0.1) is 13.2 Å². The average Bonchev–Trinajstić information content (AvgIpc) is 3.30. The van der Waals surface area contributed by atoms with Crippen LogP contribution in [0, 0.1) is 5.41 Å². The minimum Gasteiger partial charge on any atom is -0.379 e. The number of hydrogen-bond donors (Lipinski definition) is 2. The van der Waals surface area contributed by atoms with Crippen LogP contribution in [0.5, 0.6) is 0 Å². The Hall–Kier alpha value is -1.92. The first kappa shape index (κ1) is 15.0. The normalized spacial score (nSPS) is 20.4. The SMILES string of the molecule is NC(=O)C1(C(=O)Nc2cccc(CN3CCOCC3)c2)CC1. The van der Waals surface area contributed by atoms with Gasteiger partial charge in [0, 0.05) is 25.3 Å². The van der Waals surface area contributed by atoms with Gasteiger partial charge in [-0.3, -0.25) is 14.5 Å². The highest BCUT2D eigenvalue weighted by Gasteiger charge is 2.55. The number of carbonyl (C=O) groups excluding carboxylic acids is 2. The van der Waals surface area contributed by atoms with E-state index in [2.05, 4.69) is 10.2 Å². The van der Waals surface area contributed by atoms with Crippen LogP contribution in [0.2, 0.25) is 0 Å². The molecule has 6 nitrogen and oxygen atoms in total. The van der Waals surface area contributed by atoms with Gasteiger partial charge in [0.15, 0.2) is 0 Å². The molecule has 1 saturated heterocycles. The van der Waals surface area contributed by atoms with Gasteiger partial charge in [-0.05, 0) is 30.5 Å². The van der Waals surface area contributed by atoms with Crippen LogP contribution in [-0.2, 0) is 20.9 Å². The number of nitrogens with two attached hydrogens (primary N) is 1. The molecule has 2 fully saturated rings. The highest BCUT2D eigenvalue weighted by atomic mass is 16.5. The number of benzene rings is 1. The Labute approximate surface area is 129 Å². The first-order valence-corrected chi connectivity index (χ1v) is 7.60. The van der Waals surface area contributed by atoms with Crippen LogP contribution in [0.3, 0.4) is 0 Å². The molecule has 118 valence electrons. The average molecular weight is 303 g/mol. The second-order valence-corrected chi connectivity index (χ2v) is 5.99. The summed E-state index contributed by atoms with van der Waals surface area (Å²) in [6, 6.07) is 7.73. The molecule has 1 aliphatic carbocycles. The van der Waals surface area contributed by atoms with Gasteiger partial charge in [-0.15, -0.1) is 0 Å². The Morgan fingerprint density at radius 1 is 1.27 bits per heavy atom. The van der Waals surface area contributed by atoms with E-state index in [-0.39, 0.29) is 5.91 Å². The zero-order chi connectivity index (χ0) is 15.6. The van der Waals surface area contributed by atoms with Crippen molar-refractivity contribution in [3.8, 4) is 0 Å². The minimum atomic E-state index is -0.986. The Morgan fingerprint density at radius 2 is 2.00 bits per heavy atom. The van der Waals surface area contributed by atoms with Crippen molar-refractivity contribution >= 4 is 17.5 Å². The number of amides is 2. The first-order chi connectivity index (χ1) is 10.6. The number of nitrogens with one attached hydrogen (secondary N) is 1. The monoisotopic (exact) mass is 303 g/mol. The molecule has 0 bridgehead atoms. The zero-order valence-corrected chi connectivity index (χ0v) is 12.5. The summed E-state index contributed by atoms with van der Waals surface area (Å²) < 4.78 is 5.34. The van der Waals surface area contributed by atoms with Crippen molar-refractivity contribution in [1.29, 1.82) is 0 Å². The summed E-state index contributed by atoms with van der Waals surface area (Å²) in [5.74, 6) is -0.821. The summed E-state index contributed by atoms with van der Waals surface area (Å²) in [5, 5.41) is 2.82. The third-order valence-electron chi connectivity index (χ3n) is 4.35. The topological polar surface area (TPSA) is 84.7 Å². The zero-order valence-electron chi connectivity index (χ0n) is 12.5. The number of rotatable bonds is 5. The quantitative estimate of drug-likeness (QED) is 0.785. The molecule has 1 aliphatic heterocycles. The van der Waals surface area contributed by atoms with Crippen LogP contribution in [-0.4, -0.2) is 43.0 Å². The fraction of sp³-hybridized carbons (Fsp3) is 0.500. The molecule has 2 amide bonds. The molecule has 2 aliphatic rings. The van der Waals surface area contributed by atoms with Crippen LogP contribution in [0.15, 0.2) is 24.3 Å². The smallest absolute Gasteiger partial charge is 0.240 e. The largest absolute Gasteiger partial charge is 0.379 e. The Kier molecular flexibility index (Phi) is 4.13. The highest BCUT2D eigenvalue weighted by molar-refractivity contribution is 6.12. The number of carbonyl (C=O) groups is 2. The molecule has 0 unspecified atom stereocenters. The summed E-state index contributed by atoms with van der Waals surface area (Å²) in [6.45, 7) is 4.19. The van der Waals surface area contributed by atoms with E-state index in [4.69, 9.17) is 10.5 Å². The molecule has 1 heterocycles. The van der Waals surface area contributed by atoms with Crippen molar-refractivity contribution in [2.75, 3.05) is 31.6 Å². The van der Waals surface area contributed by atoms with E-state index in [1.807, 2.05) is 24.3 Å². The van der Waals surface area contributed by atoms with Gasteiger partial charge in [0.25, 0.3) is 0 Å². The van der Waals surface area contributed by atoms with E-state index in [0.717, 1.165) is 38.4 Å². The maximum Gasteiger partial charge on any atom is 0.240 e. The standard InChI is InChI=1S/C16H21N3O3/c17-14(20)16(4-5-16)15(21)18-13-3-1-2-12(10-13)11-19-6-8-22-9-7-19/h1-3,10H,4-9,11H2,(H2,17,20)(H,18,21). The van der Waals surface area contributed by atoms with E-state index >= 15 is 0 Å². The predicted octanol–water partition coefficient (Wildman–Crippen LogP) is 0.723. The molecule has 3 N–H and O–H groups in total. The maximum atomic E-state index is 12.2. The molecule has 1 aromatic carbocycles. The van der Waals surface area contributed by atoms with Gasteiger partial charge in [0.2, 0.25) is 11.8 Å². The number of morpholine rings is 1. The van der Waals surface area contributed by atoms with Gasteiger partial charge in [-0.25, -0.2) is 0 Å². The maximum absolute atomic E-state index is 12.2. The van der Waals surface area contributed by atoms with Crippen LogP contribution in [0.1, 0.15) is 18.4 Å². The third kappa shape index (κ3) is 3.13. The molecule has 0 aromatic heterocycles. The van der Waals surface area contributed by atoms with E-state index < -0.39 is 11.3 Å². The summed E-state index contributed by atoms with van der Waals surface area (Å²) in [4.78, 5) is 25.9. The van der Waals surface area contributed by atoms with Crippen molar-refractivity contribution in [2.24, 2.45) is 11.1 Å². The fourth-order valence-electron chi connectivity index (χ4n) is 2.73. The number of nitrogens with zero attached hydrogens (tertiary/aromatic N) is 1. The number of primary amides is 1. The molecule has 0 atom stereocenters. The molecule has 6 heteroatoms. The molecule has 0 spiro atoms. The van der Waals surface area contributed by atoms with Crippen molar-refractivity contribution in [2.45, 2.75) is 19.4 Å². The van der Waals surface area contributed by atoms with Crippen molar-refractivity contribution < 1.29 is 14.3 Å². The van der Waals surface area contributed by atoms with Crippen molar-refractivity contribution in [3.05, 3.63) is 29.8 Å². The van der Waals surface area contributed by atoms with Crippen LogP contribution >= 0.6 is 0 Å². The third-order valence-corrected chi connectivity index (χ3v) is 4.35. The predicted molar refractivity (Wildman–Crippen MR) is 82.0 cm³/mol. The molecule has 3 rings (SSSR count). The number of hydrogen-bond acceptors (Lipinski definition) is 4. The number of ether oxygens (including phenoxy) is 1. The first-order valence-electron chi connectivity index (χ1n) is 7.60. The molecular weight excluding hydrogens is 282 g/mol. The van der Waals surface area contributed by atoms with Gasteiger partial charge in [0.1, 0.15) is 5.41 Å². The lowest BCUT2D eigenvalue weighted by Crippen LogP contribution is -2.36. The molecule has 22 heavy (non-hydrogen) atoms. The van der Waals surface area contributed by atoms with Crippen LogP contribution < -0.4 is 11.1 Å². The molecular formula is C16H21N3O3. The van der Waals surface area contributed by atoms with Gasteiger partial charge >= 0.3 is 0 Å². The van der Waals surface area contributed by atoms with Crippen LogP contribution in [0.4, 0.5) is 5.69 Å².